The topological polar surface area (TPSA) is 55.8 Å². The lowest BCUT2D eigenvalue weighted by molar-refractivity contribution is 0.104. The second-order valence-corrected chi connectivity index (χ2v) is 23.6. The Hall–Kier alpha value is -3.88. The molecule has 0 unspecified atom stereocenters. The smallest absolute Gasteiger partial charge is 0.319 e. The van der Waals surface area contributed by atoms with Gasteiger partial charge in [-0.1, -0.05) is 128 Å². The summed E-state index contributed by atoms with van der Waals surface area (Å²) in [5, 5.41) is 13.2. The monoisotopic (exact) mass is 650 g/mol. The summed E-state index contributed by atoms with van der Waals surface area (Å²) in [5.41, 5.74) is 2.30. The van der Waals surface area contributed by atoms with E-state index in [1.165, 1.54) is 6.08 Å². The van der Waals surface area contributed by atoms with Gasteiger partial charge in [0.1, 0.15) is 17.2 Å². The summed E-state index contributed by atoms with van der Waals surface area (Å²) in [6.45, 7) is 20.0. The Morgan fingerprint density at radius 3 is 1.85 bits per heavy atom. The first kappa shape index (κ1) is 35.0. The summed E-state index contributed by atoms with van der Waals surface area (Å²) in [4.78, 5) is 13.3. The van der Waals surface area contributed by atoms with E-state index in [-0.39, 0.29) is 27.2 Å². The Morgan fingerprint density at radius 2 is 1.35 bits per heavy atom. The van der Waals surface area contributed by atoms with Crippen molar-refractivity contribution in [1.82, 2.24) is 0 Å². The number of benzene rings is 4. The number of rotatable bonds is 11. The zero-order valence-electron chi connectivity index (χ0n) is 29.0. The number of carbonyl (C=O) groups is 1. The minimum atomic E-state index is -2.88. The van der Waals surface area contributed by atoms with E-state index in [9.17, 15) is 9.90 Å². The van der Waals surface area contributed by atoms with Crippen molar-refractivity contribution in [3.05, 3.63) is 120 Å². The number of hydrogen-bond acceptors (Lipinski definition) is 4. The lowest BCUT2D eigenvalue weighted by Crippen LogP contribution is -2.68. The molecule has 0 radical (unpaired) electrons. The molecule has 0 amide bonds. The summed E-state index contributed by atoms with van der Waals surface area (Å²) in [5.74, 6) is 1.10. The van der Waals surface area contributed by atoms with Crippen LogP contribution in [0.1, 0.15) is 76.4 Å². The summed E-state index contributed by atoms with van der Waals surface area (Å²) in [6.07, 6.45) is 5.23. The van der Waals surface area contributed by atoms with Crippen LogP contribution in [-0.4, -0.2) is 27.5 Å². The molecule has 0 spiro atoms. The predicted molar refractivity (Wildman–Crippen MR) is 198 cm³/mol. The van der Waals surface area contributed by atoms with Gasteiger partial charge in [-0.3, -0.25) is 4.79 Å². The second-order valence-electron chi connectivity index (χ2n) is 14.6. The zero-order chi connectivity index (χ0) is 33.8. The van der Waals surface area contributed by atoms with E-state index in [0.717, 1.165) is 40.1 Å². The largest absolute Gasteiger partial charge is 0.543 e. The van der Waals surface area contributed by atoms with E-state index < -0.39 is 16.6 Å². The highest BCUT2D eigenvalue weighted by Gasteiger charge is 2.52. The van der Waals surface area contributed by atoms with E-state index >= 15 is 0 Å². The highest BCUT2D eigenvalue weighted by molar-refractivity contribution is 7.00. The third-order valence-electron chi connectivity index (χ3n) is 9.12. The Bertz CT molecular complexity index is 1620. The molecule has 1 N–H and O–H groups in total. The van der Waals surface area contributed by atoms with Crippen LogP contribution in [0.15, 0.2) is 103 Å². The maximum Gasteiger partial charge on any atom is 0.319 e. The molecule has 0 saturated heterocycles. The number of aryl methyl sites for hydroxylation is 1. The normalized spacial score (nSPS) is 12.7. The van der Waals surface area contributed by atoms with Crippen LogP contribution >= 0.6 is 0 Å². The molecule has 0 aliphatic rings. The van der Waals surface area contributed by atoms with Crippen LogP contribution < -0.4 is 19.2 Å². The van der Waals surface area contributed by atoms with Gasteiger partial charge in [0.2, 0.25) is 8.32 Å². The van der Waals surface area contributed by atoms with Crippen LogP contribution in [0.4, 0.5) is 0 Å². The van der Waals surface area contributed by atoms with Crippen LogP contribution in [-0.2, 0) is 6.42 Å². The average Bonchev–Trinajstić information content (AvgIpc) is 2.99. The van der Waals surface area contributed by atoms with Crippen LogP contribution in [0.25, 0.3) is 6.08 Å². The molecule has 4 aromatic rings. The Morgan fingerprint density at radius 1 is 0.761 bits per heavy atom. The molecular formula is C40H50O4Si2. The minimum Gasteiger partial charge on any atom is -0.543 e. The van der Waals surface area contributed by atoms with Crippen molar-refractivity contribution in [2.24, 2.45) is 0 Å². The fourth-order valence-corrected chi connectivity index (χ4v) is 11.0. The molecule has 4 aromatic carbocycles. The van der Waals surface area contributed by atoms with Crippen molar-refractivity contribution in [3.8, 4) is 17.2 Å². The minimum absolute atomic E-state index is 0.101. The molecule has 4 nitrogen and oxygen atoms in total. The Kier molecular flexibility index (Phi) is 10.5. The van der Waals surface area contributed by atoms with Crippen LogP contribution in [0.3, 0.4) is 0 Å². The van der Waals surface area contributed by atoms with E-state index in [4.69, 9.17) is 8.85 Å². The first-order valence-corrected chi connectivity index (χ1v) is 21.1. The van der Waals surface area contributed by atoms with Gasteiger partial charge in [-0.05, 0) is 81.4 Å². The van der Waals surface area contributed by atoms with Crippen molar-refractivity contribution < 1.29 is 18.8 Å². The quantitative estimate of drug-likeness (QED) is 0.0998. The van der Waals surface area contributed by atoms with Crippen molar-refractivity contribution in [3.63, 3.8) is 0 Å². The van der Waals surface area contributed by atoms with E-state index in [2.05, 4.69) is 91.9 Å². The third kappa shape index (κ3) is 7.56. The molecule has 0 aliphatic carbocycles. The molecule has 0 aromatic heterocycles. The SMILES string of the molecule is CCCc1cc(C=CC(=O)c2ccc(O[Si](c3ccccc3)(c3ccccc3)C(C)(C)C)cc2O)ccc1O[Si](C)(C)C(C)(C)C. The number of hydrogen-bond donors (Lipinski definition) is 1. The predicted octanol–water partition coefficient (Wildman–Crippen LogP) is 9.56. The van der Waals surface area contributed by atoms with E-state index in [1.807, 2.05) is 54.6 Å². The number of aromatic hydroxyl groups is 1. The number of phenolic OH excluding ortho intramolecular Hbond substituents is 1. The molecule has 0 saturated carbocycles. The van der Waals surface area contributed by atoms with Crippen LogP contribution in [0, 0.1) is 0 Å². The summed E-state index contributed by atoms with van der Waals surface area (Å²) in [6, 6.07) is 31.9. The van der Waals surface area contributed by atoms with Gasteiger partial charge in [-0.2, -0.15) is 0 Å². The molecule has 0 fully saturated rings. The third-order valence-corrected chi connectivity index (χ3v) is 18.4. The lowest BCUT2D eigenvalue weighted by Gasteiger charge is -2.43. The highest BCUT2D eigenvalue weighted by Crippen LogP contribution is 2.40. The second kappa shape index (κ2) is 13.9. The molecule has 242 valence electrons. The van der Waals surface area contributed by atoms with Gasteiger partial charge >= 0.3 is 8.32 Å². The lowest BCUT2D eigenvalue weighted by atomic mass is 10.0. The van der Waals surface area contributed by atoms with E-state index in [1.54, 1.807) is 18.2 Å². The van der Waals surface area contributed by atoms with Gasteiger partial charge in [0.05, 0.1) is 5.56 Å². The summed E-state index contributed by atoms with van der Waals surface area (Å²) < 4.78 is 13.7. The average molecular weight is 651 g/mol. The van der Waals surface area contributed by atoms with E-state index in [0.29, 0.717) is 5.75 Å². The maximum atomic E-state index is 13.3. The van der Waals surface area contributed by atoms with Crippen LogP contribution in [0.2, 0.25) is 23.2 Å². The molecular weight excluding hydrogens is 601 g/mol. The highest BCUT2D eigenvalue weighted by atomic mass is 28.4. The van der Waals surface area contributed by atoms with Gasteiger partial charge in [-0.25, -0.2) is 0 Å². The number of ketones is 1. The molecule has 4 rings (SSSR count). The standard InChI is InChI=1S/C40H50O4Si2/c1-10-17-31-28-30(23-27-38(31)44-45(8,9)39(2,3)4)22-26-36(41)35-25-24-32(29-37(35)42)43-46(40(5,6)7,33-18-13-11-14-19-33)34-20-15-12-16-21-34/h11-16,18-29,42H,10,17H2,1-9H3. The van der Waals surface area contributed by atoms with Crippen molar-refractivity contribution >= 4 is 38.9 Å². The number of carbonyl (C=O) groups excluding carboxylic acids is 1. The number of phenols is 1. The fraction of sp³-hybridized carbons (Fsp3) is 0.325. The molecule has 0 atom stereocenters. The summed E-state index contributed by atoms with van der Waals surface area (Å²) >= 11 is 0. The number of allylic oxidation sites excluding steroid dienone is 1. The fourth-order valence-electron chi connectivity index (χ4n) is 5.57. The van der Waals surface area contributed by atoms with Gasteiger partial charge in [0.15, 0.2) is 5.78 Å². The van der Waals surface area contributed by atoms with Crippen molar-refractivity contribution in [1.29, 1.82) is 0 Å². The first-order chi connectivity index (χ1) is 21.6. The van der Waals surface area contributed by atoms with Gasteiger partial charge in [-0.15, -0.1) is 0 Å². The van der Waals surface area contributed by atoms with Crippen LogP contribution in [0.5, 0.6) is 17.2 Å². The molecule has 46 heavy (non-hydrogen) atoms. The maximum absolute atomic E-state index is 13.3. The van der Waals surface area contributed by atoms with Crippen molar-refractivity contribution in [2.75, 3.05) is 0 Å². The first-order valence-electron chi connectivity index (χ1n) is 16.3. The molecule has 0 aliphatic heterocycles. The molecule has 6 heteroatoms. The van der Waals surface area contributed by atoms with Gasteiger partial charge in [0.25, 0.3) is 0 Å². The van der Waals surface area contributed by atoms with Gasteiger partial charge < -0.3 is 14.0 Å². The molecule has 0 heterocycles. The Labute approximate surface area is 278 Å². The zero-order valence-corrected chi connectivity index (χ0v) is 31.0. The Balaban J connectivity index is 1.62. The van der Waals surface area contributed by atoms with Gasteiger partial charge in [0, 0.05) is 6.07 Å². The van der Waals surface area contributed by atoms with Crippen molar-refractivity contribution in [2.45, 2.75) is 84.5 Å². The summed E-state index contributed by atoms with van der Waals surface area (Å²) in [7, 11) is -4.86. The molecule has 0 bridgehead atoms.